The number of amides is 1. The maximum absolute atomic E-state index is 13.0. The molecule has 0 spiro atoms. The van der Waals surface area contributed by atoms with E-state index in [4.69, 9.17) is 16.3 Å². The Hall–Kier alpha value is -2.82. The zero-order valence-corrected chi connectivity index (χ0v) is 21.1. The minimum absolute atomic E-state index is 0.116. The van der Waals surface area contributed by atoms with E-state index >= 15 is 0 Å². The number of carbonyl (C=O) groups is 1. The molecular formula is C30H33ClN2O2. The summed E-state index contributed by atoms with van der Waals surface area (Å²) in [5, 5.41) is 3.78. The summed E-state index contributed by atoms with van der Waals surface area (Å²) < 4.78 is 5.70. The van der Waals surface area contributed by atoms with Gasteiger partial charge in [-0.2, -0.15) is 0 Å². The molecule has 1 saturated heterocycles. The smallest absolute Gasteiger partial charge is 0.255 e. The average Bonchev–Trinajstić information content (AvgIpc) is 3.44. The molecule has 1 saturated carbocycles. The molecule has 0 atom stereocenters. The fourth-order valence-corrected chi connectivity index (χ4v) is 5.85. The number of methoxy groups -OCH3 is 1. The van der Waals surface area contributed by atoms with Crippen molar-refractivity contribution in [2.45, 2.75) is 50.5 Å². The third-order valence-electron chi connectivity index (χ3n) is 7.60. The molecule has 1 amide bonds. The summed E-state index contributed by atoms with van der Waals surface area (Å²) in [5.74, 6) is 1.25. The molecule has 1 N–H and O–H groups in total. The third-order valence-corrected chi connectivity index (χ3v) is 7.84. The molecule has 0 aromatic heterocycles. The predicted molar refractivity (Wildman–Crippen MR) is 144 cm³/mol. The Balaban J connectivity index is 1.26. The van der Waals surface area contributed by atoms with Crippen molar-refractivity contribution in [3.05, 3.63) is 82.9 Å². The van der Waals surface area contributed by atoms with Crippen molar-refractivity contribution in [2.75, 3.05) is 25.5 Å². The second-order valence-electron chi connectivity index (χ2n) is 9.75. The molecule has 3 aromatic rings. The minimum Gasteiger partial charge on any atom is -0.496 e. The second-order valence-corrected chi connectivity index (χ2v) is 10.2. The first-order valence-corrected chi connectivity index (χ1v) is 13.1. The maximum Gasteiger partial charge on any atom is 0.255 e. The van der Waals surface area contributed by atoms with Gasteiger partial charge in [-0.1, -0.05) is 48.7 Å². The molecule has 1 aliphatic heterocycles. The van der Waals surface area contributed by atoms with E-state index in [1.54, 1.807) is 7.11 Å². The first-order valence-electron chi connectivity index (χ1n) is 12.7. The molecule has 35 heavy (non-hydrogen) atoms. The fraction of sp³-hybridized carbons (Fsp3) is 0.367. The highest BCUT2D eigenvalue weighted by Gasteiger charge is 2.29. The van der Waals surface area contributed by atoms with Crippen LogP contribution in [0.1, 0.15) is 60.4 Å². The van der Waals surface area contributed by atoms with Crippen LogP contribution >= 0.6 is 11.6 Å². The summed E-state index contributed by atoms with van der Waals surface area (Å²) in [4.78, 5) is 15.7. The number of ether oxygens (including phenoxy) is 1. The van der Waals surface area contributed by atoms with Gasteiger partial charge in [0.15, 0.2) is 0 Å². The Bertz CT molecular complexity index is 1160. The van der Waals surface area contributed by atoms with E-state index in [9.17, 15) is 4.79 Å². The Morgan fingerprint density at radius 2 is 1.66 bits per heavy atom. The number of rotatable bonds is 6. The molecule has 3 aromatic carbocycles. The Morgan fingerprint density at radius 1 is 0.914 bits per heavy atom. The van der Waals surface area contributed by atoms with Crippen molar-refractivity contribution < 1.29 is 9.53 Å². The van der Waals surface area contributed by atoms with Gasteiger partial charge in [0.25, 0.3) is 5.91 Å². The van der Waals surface area contributed by atoms with Gasteiger partial charge in [-0.3, -0.25) is 4.79 Å². The molecule has 4 nitrogen and oxygen atoms in total. The van der Waals surface area contributed by atoms with Crippen LogP contribution in [-0.4, -0.2) is 37.0 Å². The maximum atomic E-state index is 13.0. The number of hydrogen-bond acceptors (Lipinski definition) is 3. The van der Waals surface area contributed by atoms with E-state index in [2.05, 4.69) is 16.3 Å². The number of hydrogen-bond donors (Lipinski definition) is 1. The van der Waals surface area contributed by atoms with Gasteiger partial charge in [-0.15, -0.1) is 0 Å². The van der Waals surface area contributed by atoms with Crippen LogP contribution in [0, 0.1) is 0 Å². The number of benzene rings is 3. The molecule has 1 aliphatic carbocycles. The summed E-state index contributed by atoms with van der Waals surface area (Å²) >= 11 is 6.12. The molecular weight excluding hydrogens is 456 g/mol. The highest BCUT2D eigenvalue weighted by atomic mass is 35.5. The van der Waals surface area contributed by atoms with Gasteiger partial charge < -0.3 is 15.0 Å². The largest absolute Gasteiger partial charge is 0.496 e. The lowest BCUT2D eigenvalue weighted by atomic mass is 9.87. The first-order chi connectivity index (χ1) is 17.1. The fourth-order valence-electron chi connectivity index (χ4n) is 5.66. The molecule has 5 heteroatoms. The van der Waals surface area contributed by atoms with E-state index in [-0.39, 0.29) is 5.91 Å². The van der Waals surface area contributed by atoms with Crippen LogP contribution in [-0.2, 0) is 0 Å². The molecule has 2 aliphatic rings. The van der Waals surface area contributed by atoms with E-state index in [0.717, 1.165) is 54.5 Å². The van der Waals surface area contributed by atoms with Crippen LogP contribution in [0.3, 0.4) is 0 Å². The Kier molecular flexibility index (Phi) is 7.40. The van der Waals surface area contributed by atoms with Gasteiger partial charge in [0.05, 0.1) is 7.11 Å². The zero-order valence-electron chi connectivity index (χ0n) is 20.3. The second kappa shape index (κ2) is 10.8. The number of anilines is 1. The Morgan fingerprint density at radius 3 is 2.34 bits per heavy atom. The van der Waals surface area contributed by atoms with Crippen molar-refractivity contribution in [2.24, 2.45) is 0 Å². The SMILES string of the molecule is COc1ccc(NC(=O)c2ccc(-c3cccc(Cl)c3)cc2)cc1C1CCN(C2CCCC2)CC1. The summed E-state index contributed by atoms with van der Waals surface area (Å²) in [6.45, 7) is 2.29. The Labute approximate surface area is 213 Å². The lowest BCUT2D eigenvalue weighted by Gasteiger charge is -2.36. The molecule has 2 fully saturated rings. The standard InChI is InChI=1S/C30H33ClN2O2/c1-35-29-14-13-26(20-28(29)22-15-17-33(18-16-22)27-7-2-3-8-27)32-30(34)23-11-9-21(10-12-23)24-5-4-6-25(31)19-24/h4-6,9-14,19-20,22,27H,2-3,7-8,15-18H2,1H3,(H,32,34). The van der Waals surface area contributed by atoms with Crippen molar-refractivity contribution in [3.63, 3.8) is 0 Å². The lowest BCUT2D eigenvalue weighted by Crippen LogP contribution is -2.39. The van der Waals surface area contributed by atoms with Crippen molar-refractivity contribution in [1.29, 1.82) is 0 Å². The van der Waals surface area contributed by atoms with Crippen LogP contribution < -0.4 is 10.1 Å². The van der Waals surface area contributed by atoms with Gasteiger partial charge >= 0.3 is 0 Å². The first kappa shape index (κ1) is 23.9. The van der Waals surface area contributed by atoms with Gasteiger partial charge in [-0.05, 0) is 104 Å². The van der Waals surface area contributed by atoms with E-state index < -0.39 is 0 Å². The van der Waals surface area contributed by atoms with E-state index in [0.29, 0.717) is 16.5 Å². The van der Waals surface area contributed by atoms with Crippen LogP contribution in [0.15, 0.2) is 66.7 Å². The van der Waals surface area contributed by atoms with Gasteiger partial charge in [-0.25, -0.2) is 0 Å². The average molecular weight is 489 g/mol. The zero-order chi connectivity index (χ0) is 24.2. The van der Waals surface area contributed by atoms with Crippen molar-refractivity contribution in [3.8, 4) is 16.9 Å². The number of nitrogens with one attached hydrogen (secondary N) is 1. The molecule has 0 radical (unpaired) electrons. The van der Waals surface area contributed by atoms with Crippen LogP contribution in [0.2, 0.25) is 5.02 Å². The molecule has 182 valence electrons. The van der Waals surface area contributed by atoms with E-state index in [1.807, 2.05) is 60.7 Å². The molecule has 0 unspecified atom stereocenters. The number of piperidine rings is 1. The minimum atomic E-state index is -0.116. The van der Waals surface area contributed by atoms with Gasteiger partial charge in [0.2, 0.25) is 0 Å². The van der Waals surface area contributed by atoms with E-state index in [1.165, 1.54) is 31.2 Å². The van der Waals surface area contributed by atoms with Crippen molar-refractivity contribution in [1.82, 2.24) is 4.90 Å². The normalized spacial score (nSPS) is 17.4. The van der Waals surface area contributed by atoms with Crippen molar-refractivity contribution >= 4 is 23.2 Å². The monoisotopic (exact) mass is 488 g/mol. The quantitative estimate of drug-likeness (QED) is 0.393. The van der Waals surface area contributed by atoms with Crippen LogP contribution in [0.4, 0.5) is 5.69 Å². The van der Waals surface area contributed by atoms with Crippen LogP contribution in [0.25, 0.3) is 11.1 Å². The highest BCUT2D eigenvalue weighted by Crippen LogP contribution is 2.38. The number of carbonyl (C=O) groups excluding carboxylic acids is 1. The number of halogens is 1. The molecule has 5 rings (SSSR count). The third kappa shape index (κ3) is 5.55. The van der Waals surface area contributed by atoms with Gasteiger partial charge in [0, 0.05) is 22.3 Å². The molecule has 1 heterocycles. The topological polar surface area (TPSA) is 41.6 Å². The molecule has 0 bridgehead atoms. The lowest BCUT2D eigenvalue weighted by molar-refractivity contribution is 0.102. The summed E-state index contributed by atoms with van der Waals surface area (Å²) in [6, 6.07) is 22.1. The van der Waals surface area contributed by atoms with Crippen LogP contribution in [0.5, 0.6) is 5.75 Å². The summed E-state index contributed by atoms with van der Waals surface area (Å²) in [6.07, 6.45) is 7.74. The highest BCUT2D eigenvalue weighted by molar-refractivity contribution is 6.30. The number of nitrogens with zero attached hydrogens (tertiary/aromatic N) is 1. The van der Waals surface area contributed by atoms with Gasteiger partial charge in [0.1, 0.15) is 5.75 Å². The summed E-state index contributed by atoms with van der Waals surface area (Å²) in [5.41, 5.74) is 4.69. The number of likely N-dealkylation sites (tertiary alicyclic amines) is 1. The predicted octanol–water partition coefficient (Wildman–Crippen LogP) is 7.39. The summed E-state index contributed by atoms with van der Waals surface area (Å²) in [7, 11) is 1.73.